The first-order chi connectivity index (χ1) is 9.72. The Hall–Kier alpha value is -2.09. The minimum absolute atomic E-state index is 0.254. The molecular formula is C18H20N2. The summed E-state index contributed by atoms with van der Waals surface area (Å²) in [6.45, 7) is 0. The monoisotopic (exact) mass is 264 g/mol. The van der Waals surface area contributed by atoms with Crippen molar-refractivity contribution >= 4 is 5.84 Å². The van der Waals surface area contributed by atoms with E-state index in [0.29, 0.717) is 6.42 Å². The highest BCUT2D eigenvalue weighted by Gasteiger charge is 2.22. The van der Waals surface area contributed by atoms with E-state index in [9.17, 15) is 0 Å². The lowest BCUT2D eigenvalue weighted by Crippen LogP contribution is -2.10. The maximum atomic E-state index is 7.31. The molecule has 0 spiro atoms. The van der Waals surface area contributed by atoms with Crippen LogP contribution in [0.2, 0.25) is 0 Å². The van der Waals surface area contributed by atoms with Crippen LogP contribution in [0, 0.1) is 5.41 Å². The molecule has 0 heterocycles. The fourth-order valence-electron chi connectivity index (χ4n) is 2.55. The fraction of sp³-hybridized carbons (Fsp3) is 0.278. The average Bonchev–Trinajstić information content (AvgIpc) is 3.30. The second-order valence-electron chi connectivity index (χ2n) is 5.62. The number of rotatable bonds is 5. The molecule has 2 aromatic rings. The summed E-state index contributed by atoms with van der Waals surface area (Å²) in [4.78, 5) is 0. The summed E-state index contributed by atoms with van der Waals surface area (Å²) >= 11 is 0. The largest absolute Gasteiger partial charge is 0.388 e. The van der Waals surface area contributed by atoms with Crippen LogP contribution in [0.1, 0.15) is 36.3 Å². The van der Waals surface area contributed by atoms with Crippen molar-refractivity contribution in [3.8, 4) is 11.1 Å². The van der Waals surface area contributed by atoms with E-state index in [0.717, 1.165) is 12.3 Å². The standard InChI is InChI=1S/C18H20N2/c19-18(20)11-4-13-2-1-3-17(12-13)16-9-7-15(8-10-16)14-5-6-14/h1-3,7-10,12,14H,4-6,11H2,(H3,19,20). The lowest BCUT2D eigenvalue weighted by atomic mass is 9.99. The summed E-state index contributed by atoms with van der Waals surface area (Å²) < 4.78 is 0. The molecule has 0 unspecified atom stereocenters. The Bertz CT molecular complexity index is 610. The number of nitrogens with one attached hydrogen (secondary N) is 1. The van der Waals surface area contributed by atoms with Crippen molar-refractivity contribution < 1.29 is 0 Å². The van der Waals surface area contributed by atoms with E-state index in [1.165, 1.54) is 35.1 Å². The Morgan fingerprint density at radius 2 is 1.80 bits per heavy atom. The van der Waals surface area contributed by atoms with Gasteiger partial charge in [-0.3, -0.25) is 5.41 Å². The van der Waals surface area contributed by atoms with Gasteiger partial charge in [-0.05, 0) is 47.4 Å². The van der Waals surface area contributed by atoms with Crippen molar-refractivity contribution in [3.63, 3.8) is 0 Å². The molecule has 0 atom stereocenters. The van der Waals surface area contributed by atoms with Crippen molar-refractivity contribution in [3.05, 3.63) is 59.7 Å². The Balaban J connectivity index is 1.78. The van der Waals surface area contributed by atoms with Crippen LogP contribution in [0.5, 0.6) is 0 Å². The van der Waals surface area contributed by atoms with Gasteiger partial charge in [0.25, 0.3) is 0 Å². The van der Waals surface area contributed by atoms with Crippen LogP contribution in [-0.4, -0.2) is 5.84 Å². The van der Waals surface area contributed by atoms with Crippen molar-refractivity contribution in [1.29, 1.82) is 5.41 Å². The quantitative estimate of drug-likeness (QED) is 0.620. The fourth-order valence-corrected chi connectivity index (χ4v) is 2.55. The topological polar surface area (TPSA) is 49.9 Å². The molecule has 1 aliphatic rings. The highest BCUT2D eigenvalue weighted by Crippen LogP contribution is 2.40. The van der Waals surface area contributed by atoms with Crippen LogP contribution in [0.15, 0.2) is 48.5 Å². The number of hydrogen-bond donors (Lipinski definition) is 2. The molecule has 0 aliphatic heterocycles. The highest BCUT2D eigenvalue weighted by atomic mass is 14.7. The summed E-state index contributed by atoms with van der Waals surface area (Å²) in [5.41, 5.74) is 10.6. The molecule has 2 heteroatoms. The third kappa shape index (κ3) is 3.08. The van der Waals surface area contributed by atoms with Crippen LogP contribution in [0.4, 0.5) is 0 Å². The van der Waals surface area contributed by atoms with E-state index in [-0.39, 0.29) is 5.84 Å². The average molecular weight is 264 g/mol. The summed E-state index contributed by atoms with van der Waals surface area (Å²) in [5.74, 6) is 1.06. The van der Waals surface area contributed by atoms with Gasteiger partial charge in [0, 0.05) is 6.42 Å². The molecule has 2 nitrogen and oxygen atoms in total. The molecule has 0 bridgehead atoms. The summed E-state index contributed by atoms with van der Waals surface area (Å²) in [7, 11) is 0. The summed E-state index contributed by atoms with van der Waals surface area (Å²) in [6.07, 6.45) is 4.16. The molecular weight excluding hydrogens is 244 g/mol. The van der Waals surface area contributed by atoms with Crippen LogP contribution in [0.25, 0.3) is 11.1 Å². The Labute approximate surface area is 120 Å². The van der Waals surface area contributed by atoms with E-state index in [2.05, 4.69) is 48.5 Å². The number of aryl methyl sites for hydroxylation is 1. The van der Waals surface area contributed by atoms with Crippen molar-refractivity contribution in [2.45, 2.75) is 31.6 Å². The zero-order valence-corrected chi connectivity index (χ0v) is 11.6. The number of benzene rings is 2. The van der Waals surface area contributed by atoms with Crippen LogP contribution < -0.4 is 5.73 Å². The van der Waals surface area contributed by atoms with Gasteiger partial charge < -0.3 is 5.73 Å². The van der Waals surface area contributed by atoms with Crippen LogP contribution >= 0.6 is 0 Å². The second-order valence-corrected chi connectivity index (χ2v) is 5.62. The molecule has 2 aromatic carbocycles. The minimum Gasteiger partial charge on any atom is -0.388 e. The zero-order chi connectivity index (χ0) is 13.9. The summed E-state index contributed by atoms with van der Waals surface area (Å²) in [6, 6.07) is 17.5. The van der Waals surface area contributed by atoms with E-state index in [1.54, 1.807) is 0 Å². The Kier molecular flexibility index (Phi) is 3.55. The minimum atomic E-state index is 0.254. The third-order valence-corrected chi connectivity index (χ3v) is 3.90. The first kappa shape index (κ1) is 12.9. The second kappa shape index (κ2) is 5.49. The van der Waals surface area contributed by atoms with E-state index in [1.807, 2.05) is 0 Å². The van der Waals surface area contributed by atoms with Gasteiger partial charge in [0.05, 0.1) is 5.84 Å². The van der Waals surface area contributed by atoms with Gasteiger partial charge >= 0.3 is 0 Å². The maximum absolute atomic E-state index is 7.31. The molecule has 1 aliphatic carbocycles. The molecule has 0 saturated heterocycles. The van der Waals surface area contributed by atoms with Crippen LogP contribution in [-0.2, 0) is 6.42 Å². The lowest BCUT2D eigenvalue weighted by molar-refractivity contribution is 1.02. The Morgan fingerprint density at radius 1 is 1.05 bits per heavy atom. The van der Waals surface area contributed by atoms with Crippen molar-refractivity contribution in [2.75, 3.05) is 0 Å². The molecule has 102 valence electrons. The smallest absolute Gasteiger partial charge is 0.0908 e. The molecule has 0 radical (unpaired) electrons. The van der Waals surface area contributed by atoms with Gasteiger partial charge in [-0.2, -0.15) is 0 Å². The predicted octanol–water partition coefficient (Wildman–Crippen LogP) is 4.10. The van der Waals surface area contributed by atoms with Crippen molar-refractivity contribution in [1.82, 2.24) is 0 Å². The highest BCUT2D eigenvalue weighted by molar-refractivity contribution is 5.77. The molecule has 0 amide bonds. The normalized spacial score (nSPS) is 14.2. The third-order valence-electron chi connectivity index (χ3n) is 3.90. The molecule has 3 N–H and O–H groups in total. The zero-order valence-electron chi connectivity index (χ0n) is 11.6. The molecule has 0 aromatic heterocycles. The van der Waals surface area contributed by atoms with Gasteiger partial charge in [0.2, 0.25) is 0 Å². The number of nitrogens with two attached hydrogens (primary N) is 1. The summed E-state index contributed by atoms with van der Waals surface area (Å²) in [5, 5.41) is 7.31. The van der Waals surface area contributed by atoms with E-state index >= 15 is 0 Å². The lowest BCUT2D eigenvalue weighted by Gasteiger charge is -2.06. The van der Waals surface area contributed by atoms with E-state index in [4.69, 9.17) is 11.1 Å². The molecule has 20 heavy (non-hydrogen) atoms. The van der Waals surface area contributed by atoms with Crippen molar-refractivity contribution in [2.24, 2.45) is 5.73 Å². The first-order valence-electron chi connectivity index (χ1n) is 7.24. The Morgan fingerprint density at radius 3 is 2.45 bits per heavy atom. The van der Waals surface area contributed by atoms with E-state index < -0.39 is 0 Å². The molecule has 1 fully saturated rings. The van der Waals surface area contributed by atoms with Gasteiger partial charge in [-0.25, -0.2) is 0 Å². The van der Waals surface area contributed by atoms with Crippen LogP contribution in [0.3, 0.4) is 0 Å². The number of amidine groups is 1. The molecule has 1 saturated carbocycles. The van der Waals surface area contributed by atoms with Gasteiger partial charge in [-0.1, -0.05) is 48.5 Å². The maximum Gasteiger partial charge on any atom is 0.0908 e. The van der Waals surface area contributed by atoms with Gasteiger partial charge in [0.15, 0.2) is 0 Å². The SMILES string of the molecule is N=C(N)CCc1cccc(-c2ccc(C3CC3)cc2)c1. The van der Waals surface area contributed by atoms with Gasteiger partial charge in [-0.15, -0.1) is 0 Å². The number of hydrogen-bond acceptors (Lipinski definition) is 1. The predicted molar refractivity (Wildman–Crippen MR) is 84.1 cm³/mol. The first-order valence-corrected chi connectivity index (χ1v) is 7.24. The van der Waals surface area contributed by atoms with Gasteiger partial charge in [0.1, 0.15) is 0 Å². The molecule has 3 rings (SSSR count).